The van der Waals surface area contributed by atoms with Crippen molar-refractivity contribution >= 4 is 45.3 Å². The molecule has 2 aliphatic rings. The first-order chi connectivity index (χ1) is 18.5. The van der Waals surface area contributed by atoms with E-state index in [4.69, 9.17) is 27.5 Å². The molecule has 1 saturated carbocycles. The van der Waals surface area contributed by atoms with Crippen LogP contribution in [0.15, 0.2) is 53.9 Å². The lowest BCUT2D eigenvalue weighted by atomic mass is 10.1. The number of carbonyl (C=O) groups is 1. The van der Waals surface area contributed by atoms with E-state index in [0.717, 1.165) is 30.2 Å². The Morgan fingerprint density at radius 3 is 2.51 bits per heavy atom. The molecule has 0 atom stereocenters. The zero-order valence-corrected chi connectivity index (χ0v) is 23.7. The van der Waals surface area contributed by atoms with Crippen LogP contribution in [-0.2, 0) is 26.3 Å². The summed E-state index contributed by atoms with van der Waals surface area (Å²) in [6.07, 6.45) is 3.11. The molecule has 5 N–H and O–H groups in total. The average Bonchev–Trinajstić information content (AvgIpc) is 3.64. The number of anilines is 2. The molecule has 2 fully saturated rings. The fourth-order valence-electron chi connectivity index (χ4n) is 4.20. The van der Waals surface area contributed by atoms with Gasteiger partial charge in [0.2, 0.25) is 5.76 Å². The van der Waals surface area contributed by atoms with E-state index in [-0.39, 0.29) is 30.8 Å². The number of nitrogens with one attached hydrogen (secondary N) is 3. The average molecular weight is 575 g/mol. The number of carbonyl (C=O) groups excluding carboxylic acids is 1. The lowest BCUT2D eigenvalue weighted by Gasteiger charge is -2.36. The van der Waals surface area contributed by atoms with Crippen molar-refractivity contribution in [2.75, 3.05) is 43.8 Å². The van der Waals surface area contributed by atoms with E-state index in [1.54, 1.807) is 36.4 Å². The van der Waals surface area contributed by atoms with E-state index in [1.165, 1.54) is 4.31 Å². The molecule has 0 aromatic heterocycles. The lowest BCUT2D eigenvalue weighted by Crippen LogP contribution is -2.52. The van der Waals surface area contributed by atoms with Crippen molar-refractivity contribution in [2.45, 2.75) is 33.2 Å². The Morgan fingerprint density at radius 1 is 1.18 bits per heavy atom. The van der Waals surface area contributed by atoms with Crippen LogP contribution in [0.5, 0.6) is 0 Å². The summed E-state index contributed by atoms with van der Waals surface area (Å²) < 4.78 is 36.0. The minimum atomic E-state index is -3.73. The monoisotopic (exact) mass is 574 g/mol. The Balaban J connectivity index is 1.45. The van der Waals surface area contributed by atoms with E-state index in [0.29, 0.717) is 41.8 Å². The molecule has 39 heavy (non-hydrogen) atoms. The van der Waals surface area contributed by atoms with Crippen LogP contribution in [0, 0.1) is 17.7 Å². The van der Waals surface area contributed by atoms with Crippen LogP contribution in [0.2, 0.25) is 5.02 Å². The number of rotatable bonds is 11. The highest BCUT2D eigenvalue weighted by Crippen LogP contribution is 2.45. The zero-order chi connectivity index (χ0) is 28.2. The van der Waals surface area contributed by atoms with E-state index in [2.05, 4.69) is 17.0 Å². The number of piperazine rings is 1. The van der Waals surface area contributed by atoms with Gasteiger partial charge in [-0.2, -0.15) is 17.4 Å². The van der Waals surface area contributed by atoms with Crippen molar-refractivity contribution in [1.29, 1.82) is 5.41 Å². The van der Waals surface area contributed by atoms with Crippen molar-refractivity contribution < 1.29 is 17.9 Å². The normalized spacial score (nSPS) is 17.8. The fraction of sp³-hybridized carbons (Fsp3) is 0.407. The number of benzene rings is 2. The maximum atomic E-state index is 13.3. The van der Waals surface area contributed by atoms with Gasteiger partial charge in [-0.3, -0.25) is 4.79 Å². The third kappa shape index (κ3) is 7.51. The number of nitrogens with zero attached hydrogens (tertiary/aromatic N) is 2. The molecule has 2 aromatic rings. The van der Waals surface area contributed by atoms with Crippen molar-refractivity contribution in [2.24, 2.45) is 5.41 Å². The van der Waals surface area contributed by atoms with Crippen LogP contribution in [-0.4, -0.2) is 62.5 Å². The van der Waals surface area contributed by atoms with E-state index >= 15 is 0 Å². The first-order valence-corrected chi connectivity index (χ1v) is 14.6. The Hall–Kier alpha value is -3.12. The summed E-state index contributed by atoms with van der Waals surface area (Å²) in [7, 11) is -3.73. The summed E-state index contributed by atoms with van der Waals surface area (Å²) >= 11 is 6.07. The van der Waals surface area contributed by atoms with Gasteiger partial charge in [-0.15, -0.1) is 0 Å². The number of hydrogen-bond acceptors (Lipinski definition) is 7. The molecule has 2 aromatic carbocycles. The van der Waals surface area contributed by atoms with Crippen molar-refractivity contribution in [3.8, 4) is 0 Å². The number of allylic oxidation sites excluding steroid dienone is 1. The number of ether oxygens (including phenoxy) is 1. The summed E-state index contributed by atoms with van der Waals surface area (Å²) in [6, 6.07) is 12.2. The van der Waals surface area contributed by atoms with Crippen molar-refractivity contribution in [1.82, 2.24) is 13.9 Å². The second-order valence-corrected chi connectivity index (χ2v) is 12.5. The Bertz CT molecular complexity index is 1370. The van der Waals surface area contributed by atoms with E-state index in [1.807, 2.05) is 17.9 Å². The van der Waals surface area contributed by atoms with Crippen LogP contribution >= 0.6 is 11.6 Å². The van der Waals surface area contributed by atoms with Gasteiger partial charge in [0.15, 0.2) is 0 Å². The molecule has 4 rings (SSSR count). The second kappa shape index (κ2) is 12.0. The van der Waals surface area contributed by atoms with Crippen molar-refractivity contribution in [3.63, 3.8) is 0 Å². The van der Waals surface area contributed by atoms with Crippen molar-refractivity contribution in [3.05, 3.63) is 70.1 Å². The molecule has 1 aliphatic carbocycles. The highest BCUT2D eigenvalue weighted by atomic mass is 35.5. The smallest absolute Gasteiger partial charge is 0.293 e. The van der Waals surface area contributed by atoms with E-state index in [9.17, 15) is 13.2 Å². The maximum Gasteiger partial charge on any atom is 0.293 e. The number of nitrogens with two attached hydrogens (primary N) is 1. The molecule has 1 saturated heterocycles. The first-order valence-electron chi connectivity index (χ1n) is 12.8. The Labute approximate surface area is 234 Å². The number of aryl methyl sites for hydroxylation is 1. The fourth-order valence-corrected chi connectivity index (χ4v) is 5.56. The summed E-state index contributed by atoms with van der Waals surface area (Å²) in [5, 5.41) is 11.4. The quantitative estimate of drug-likeness (QED) is 0.140. The molecule has 0 radical (unpaired) electrons. The molecule has 0 unspecified atom stereocenters. The predicted molar refractivity (Wildman–Crippen MR) is 154 cm³/mol. The van der Waals surface area contributed by atoms with Gasteiger partial charge in [0.05, 0.1) is 6.61 Å². The largest absolute Gasteiger partial charge is 0.486 e. The second-order valence-electron chi connectivity index (χ2n) is 10.3. The minimum Gasteiger partial charge on any atom is -0.486 e. The highest BCUT2D eigenvalue weighted by molar-refractivity contribution is 7.87. The molecule has 1 heterocycles. The van der Waals surface area contributed by atoms with Gasteiger partial charge >= 0.3 is 0 Å². The van der Waals surface area contributed by atoms with Crippen LogP contribution < -0.4 is 15.8 Å². The van der Waals surface area contributed by atoms with Gasteiger partial charge in [0, 0.05) is 60.8 Å². The summed E-state index contributed by atoms with van der Waals surface area (Å²) in [5.41, 5.74) is 9.04. The summed E-state index contributed by atoms with van der Waals surface area (Å²) in [4.78, 5) is 15.1. The van der Waals surface area contributed by atoms with E-state index < -0.39 is 16.1 Å². The first kappa shape index (κ1) is 28.9. The van der Waals surface area contributed by atoms with Gasteiger partial charge in [-0.25, -0.2) is 0 Å². The molecular formula is C27H35ClN6O4S. The van der Waals surface area contributed by atoms with Gasteiger partial charge in [-0.1, -0.05) is 36.7 Å². The van der Waals surface area contributed by atoms with Gasteiger partial charge < -0.3 is 26.1 Å². The molecule has 210 valence electrons. The topological polar surface area (TPSA) is 141 Å². The van der Waals surface area contributed by atoms with Gasteiger partial charge in [-0.05, 0) is 55.2 Å². The molecule has 10 nitrogen and oxygen atoms in total. The highest BCUT2D eigenvalue weighted by Gasteiger charge is 2.39. The van der Waals surface area contributed by atoms with Crippen LogP contribution in [0.1, 0.15) is 30.9 Å². The molecular weight excluding hydrogens is 540 g/mol. The molecule has 1 amide bonds. The number of hydrogen-bond donors (Lipinski definition) is 4. The molecule has 0 spiro atoms. The van der Waals surface area contributed by atoms with Crippen LogP contribution in [0.3, 0.4) is 0 Å². The van der Waals surface area contributed by atoms with Crippen LogP contribution in [0.25, 0.3) is 0 Å². The SMILES string of the molecule is Cc1cc(CNS(=O)(=O)N2CCN(/C(C=N)=C(\OCC3(C)CC3)C(=O)Nc3cccc(Cl)c3)CC2)ccc1N. The maximum absolute atomic E-state index is 13.3. The number of halogens is 1. The standard InChI is InChI=1S/C27H35ClN6O4S/c1-19-14-20(6-7-23(19)30)17-31-39(36,37)34-12-10-33(11-13-34)24(16-29)25(38-18-27(2)8-9-27)26(35)32-22-5-3-4-21(28)15-22/h3-7,14-16,29,31H,8-13,17-18,30H2,1-2H3,(H,32,35)/b25-24-,29-16?. The predicted octanol–water partition coefficient (Wildman–Crippen LogP) is 3.50. The number of nitrogen functional groups attached to an aromatic ring is 1. The molecule has 12 heteroatoms. The third-order valence-electron chi connectivity index (χ3n) is 7.04. The van der Waals surface area contributed by atoms with Gasteiger partial charge in [0.1, 0.15) is 5.70 Å². The molecule has 0 bridgehead atoms. The Kier molecular flexibility index (Phi) is 8.85. The zero-order valence-electron chi connectivity index (χ0n) is 22.2. The molecule has 1 aliphatic heterocycles. The van der Waals surface area contributed by atoms with Crippen LogP contribution in [0.4, 0.5) is 11.4 Å². The minimum absolute atomic E-state index is 0.0101. The summed E-state index contributed by atoms with van der Waals surface area (Å²) in [5.74, 6) is -0.457. The van der Waals surface area contributed by atoms with Gasteiger partial charge in [0.25, 0.3) is 16.1 Å². The Morgan fingerprint density at radius 2 is 1.90 bits per heavy atom. The number of amides is 1. The summed E-state index contributed by atoms with van der Waals surface area (Å²) in [6.45, 7) is 5.43. The lowest BCUT2D eigenvalue weighted by molar-refractivity contribution is -0.116. The third-order valence-corrected chi connectivity index (χ3v) is 8.83.